The molecule has 0 heterocycles. The third kappa shape index (κ3) is 4.04. The summed E-state index contributed by atoms with van der Waals surface area (Å²) in [5.41, 5.74) is 2.03. The molecule has 0 saturated carbocycles. The maximum atomic E-state index is 12.5. The van der Waals surface area contributed by atoms with Crippen LogP contribution in [0.4, 0.5) is 0 Å². The number of carbonyl (C=O) groups is 1. The van der Waals surface area contributed by atoms with Gasteiger partial charge in [0.1, 0.15) is 0 Å². The number of benzene rings is 2. The Morgan fingerprint density at radius 2 is 1.60 bits per heavy atom. The van der Waals surface area contributed by atoms with Crippen LogP contribution in [0.25, 0.3) is 0 Å². The molecule has 2 aromatic rings. The Labute approximate surface area is 120 Å². The largest absolute Gasteiger partial charge is 0.384 e. The minimum atomic E-state index is -0.0809. The lowest BCUT2D eigenvalue weighted by Gasteiger charge is -2.15. The van der Waals surface area contributed by atoms with Crippen molar-refractivity contribution in [2.24, 2.45) is 5.92 Å². The number of ketones is 1. The molecule has 1 unspecified atom stereocenters. The Hall–Kier alpha value is -1.93. The van der Waals surface area contributed by atoms with E-state index in [1.165, 1.54) is 5.56 Å². The Kier molecular flexibility index (Phi) is 5.51. The molecule has 0 saturated heterocycles. The molecule has 0 amide bonds. The second-order valence-electron chi connectivity index (χ2n) is 4.91. The van der Waals surface area contributed by atoms with Crippen LogP contribution in [-0.4, -0.2) is 19.5 Å². The van der Waals surface area contributed by atoms with Gasteiger partial charge >= 0.3 is 0 Å². The van der Waals surface area contributed by atoms with Crippen molar-refractivity contribution < 1.29 is 9.53 Å². The van der Waals surface area contributed by atoms with Crippen LogP contribution in [0.2, 0.25) is 0 Å². The van der Waals surface area contributed by atoms with Gasteiger partial charge in [-0.05, 0) is 18.4 Å². The zero-order valence-corrected chi connectivity index (χ0v) is 11.8. The van der Waals surface area contributed by atoms with Gasteiger partial charge in [-0.2, -0.15) is 0 Å². The number of Topliss-reactive ketones (excluding diaryl/α,β-unsaturated/α-hetero) is 1. The van der Waals surface area contributed by atoms with Crippen LogP contribution in [0.3, 0.4) is 0 Å². The quantitative estimate of drug-likeness (QED) is 0.715. The second kappa shape index (κ2) is 7.61. The number of rotatable bonds is 7. The fraction of sp³-hybridized carbons (Fsp3) is 0.278. The molecule has 2 aromatic carbocycles. The molecule has 0 aliphatic heterocycles. The van der Waals surface area contributed by atoms with E-state index in [-0.39, 0.29) is 11.7 Å². The van der Waals surface area contributed by atoms with Gasteiger partial charge in [0.25, 0.3) is 0 Å². The van der Waals surface area contributed by atoms with Crippen molar-refractivity contribution in [3.63, 3.8) is 0 Å². The van der Waals surface area contributed by atoms with Crippen LogP contribution in [0.15, 0.2) is 60.7 Å². The first-order chi connectivity index (χ1) is 9.81. The molecule has 0 N–H and O–H groups in total. The first-order valence-corrected chi connectivity index (χ1v) is 6.93. The SMILES string of the molecule is COCC(CCc1ccccc1)C(=O)c1ccccc1. The van der Waals surface area contributed by atoms with Crippen molar-refractivity contribution in [3.05, 3.63) is 71.8 Å². The van der Waals surface area contributed by atoms with Crippen molar-refractivity contribution in [1.29, 1.82) is 0 Å². The first-order valence-electron chi connectivity index (χ1n) is 6.93. The molecule has 2 rings (SSSR count). The van der Waals surface area contributed by atoms with Gasteiger partial charge in [0.15, 0.2) is 5.78 Å². The Balaban J connectivity index is 2.02. The average molecular weight is 268 g/mol. The van der Waals surface area contributed by atoms with Gasteiger partial charge in [-0.3, -0.25) is 4.79 Å². The van der Waals surface area contributed by atoms with Gasteiger partial charge in [-0.1, -0.05) is 60.7 Å². The highest BCUT2D eigenvalue weighted by Crippen LogP contribution is 2.16. The zero-order valence-electron chi connectivity index (χ0n) is 11.8. The van der Waals surface area contributed by atoms with Gasteiger partial charge in [0.05, 0.1) is 6.61 Å². The summed E-state index contributed by atoms with van der Waals surface area (Å²) in [5, 5.41) is 0. The van der Waals surface area contributed by atoms with Gasteiger partial charge in [0, 0.05) is 18.6 Å². The fourth-order valence-electron chi connectivity index (χ4n) is 2.31. The summed E-state index contributed by atoms with van der Waals surface area (Å²) in [5.74, 6) is 0.0889. The van der Waals surface area contributed by atoms with Crippen LogP contribution < -0.4 is 0 Å². The summed E-state index contributed by atoms with van der Waals surface area (Å²) < 4.78 is 5.21. The van der Waals surface area contributed by atoms with E-state index in [1.54, 1.807) is 7.11 Å². The van der Waals surface area contributed by atoms with E-state index in [9.17, 15) is 4.79 Å². The summed E-state index contributed by atoms with van der Waals surface area (Å²) in [6, 6.07) is 19.7. The summed E-state index contributed by atoms with van der Waals surface area (Å²) in [6.07, 6.45) is 1.71. The lowest BCUT2D eigenvalue weighted by molar-refractivity contribution is 0.0795. The Morgan fingerprint density at radius 3 is 2.20 bits per heavy atom. The molecule has 2 heteroatoms. The minimum absolute atomic E-state index is 0.0809. The molecule has 2 nitrogen and oxygen atoms in total. The summed E-state index contributed by atoms with van der Waals surface area (Å²) in [6.45, 7) is 0.473. The molecule has 0 bridgehead atoms. The normalized spacial score (nSPS) is 12.1. The molecule has 20 heavy (non-hydrogen) atoms. The van der Waals surface area contributed by atoms with E-state index in [4.69, 9.17) is 4.74 Å². The van der Waals surface area contributed by atoms with E-state index in [0.29, 0.717) is 6.61 Å². The summed E-state index contributed by atoms with van der Waals surface area (Å²) in [4.78, 5) is 12.5. The summed E-state index contributed by atoms with van der Waals surface area (Å²) in [7, 11) is 1.65. The summed E-state index contributed by atoms with van der Waals surface area (Å²) >= 11 is 0. The molecular formula is C18H20O2. The van der Waals surface area contributed by atoms with E-state index < -0.39 is 0 Å². The van der Waals surface area contributed by atoms with Crippen LogP contribution in [0.5, 0.6) is 0 Å². The van der Waals surface area contributed by atoms with Crippen LogP contribution >= 0.6 is 0 Å². The number of carbonyl (C=O) groups excluding carboxylic acids is 1. The first kappa shape index (κ1) is 14.5. The van der Waals surface area contributed by atoms with Gasteiger partial charge in [-0.15, -0.1) is 0 Å². The molecule has 0 radical (unpaired) electrons. The van der Waals surface area contributed by atoms with Crippen molar-refractivity contribution >= 4 is 5.78 Å². The highest BCUT2D eigenvalue weighted by molar-refractivity contribution is 5.97. The fourth-order valence-corrected chi connectivity index (χ4v) is 2.31. The monoisotopic (exact) mass is 268 g/mol. The van der Waals surface area contributed by atoms with Crippen LogP contribution in [-0.2, 0) is 11.2 Å². The van der Waals surface area contributed by atoms with Gasteiger partial charge in [0.2, 0.25) is 0 Å². The van der Waals surface area contributed by atoms with Crippen molar-refractivity contribution in [3.8, 4) is 0 Å². The zero-order chi connectivity index (χ0) is 14.2. The molecule has 0 fully saturated rings. The van der Waals surface area contributed by atoms with Gasteiger partial charge < -0.3 is 4.74 Å². The molecule has 1 atom stereocenters. The molecule has 0 spiro atoms. The van der Waals surface area contributed by atoms with E-state index in [1.807, 2.05) is 48.5 Å². The standard InChI is InChI=1S/C18H20O2/c1-20-14-17(13-12-15-8-4-2-5-9-15)18(19)16-10-6-3-7-11-16/h2-11,17H,12-14H2,1H3. The van der Waals surface area contributed by atoms with E-state index >= 15 is 0 Å². The second-order valence-corrected chi connectivity index (χ2v) is 4.91. The maximum absolute atomic E-state index is 12.5. The topological polar surface area (TPSA) is 26.3 Å². The van der Waals surface area contributed by atoms with E-state index in [2.05, 4.69) is 12.1 Å². The molecule has 104 valence electrons. The highest BCUT2D eigenvalue weighted by atomic mass is 16.5. The van der Waals surface area contributed by atoms with Crippen molar-refractivity contribution in [2.75, 3.05) is 13.7 Å². The predicted molar refractivity (Wildman–Crippen MR) is 80.9 cm³/mol. The third-order valence-electron chi connectivity index (χ3n) is 3.42. The number of hydrogen-bond donors (Lipinski definition) is 0. The molecule has 0 aliphatic carbocycles. The predicted octanol–water partition coefficient (Wildman–Crippen LogP) is 3.76. The maximum Gasteiger partial charge on any atom is 0.168 e. The number of methoxy groups -OCH3 is 1. The molecule has 0 aromatic heterocycles. The molecular weight excluding hydrogens is 248 g/mol. The number of hydrogen-bond acceptors (Lipinski definition) is 2. The van der Waals surface area contributed by atoms with Crippen LogP contribution in [0.1, 0.15) is 22.3 Å². The minimum Gasteiger partial charge on any atom is -0.384 e. The Bertz CT molecular complexity index is 520. The highest BCUT2D eigenvalue weighted by Gasteiger charge is 2.19. The van der Waals surface area contributed by atoms with Crippen LogP contribution in [0, 0.1) is 5.92 Å². The third-order valence-corrected chi connectivity index (χ3v) is 3.42. The lowest BCUT2D eigenvalue weighted by atomic mass is 9.92. The lowest BCUT2D eigenvalue weighted by Crippen LogP contribution is -2.20. The van der Waals surface area contributed by atoms with Gasteiger partial charge in [-0.25, -0.2) is 0 Å². The number of aryl methyl sites for hydroxylation is 1. The number of ether oxygens (including phenoxy) is 1. The van der Waals surface area contributed by atoms with Crippen molar-refractivity contribution in [1.82, 2.24) is 0 Å². The molecule has 0 aliphatic rings. The average Bonchev–Trinajstić information content (AvgIpc) is 2.52. The van der Waals surface area contributed by atoms with E-state index in [0.717, 1.165) is 18.4 Å². The smallest absolute Gasteiger partial charge is 0.168 e. The Morgan fingerprint density at radius 1 is 1.00 bits per heavy atom. The van der Waals surface area contributed by atoms with Crippen molar-refractivity contribution in [2.45, 2.75) is 12.8 Å².